The number of carbonyl (C=O) groups excluding carboxylic acids is 4. The standard InChI is InChI=1S/C26H34N2O8/c1-25(2,3)17-19(13(23(31)35-9)11-15(29)33-7)27-22-18(26(4,5)6)20(28-21(17)22)14(24(32)36-10)12-16(30)34-8/h11-12,27-28H,1-10H3/b13-11-,14-12-. The average Bonchev–Trinajstić information content (AvgIpc) is 3.34. The SMILES string of the molecule is COC(=O)/C=C(\C(=O)OC)c1[nH]c2c(C(C)(C)C)c(/C(=C/C(=O)OC)C(=O)OC)[nH]c2c1C(C)(C)C. The molecular formula is C26H34N2O8. The minimum absolute atomic E-state index is 0.0152. The Kier molecular flexibility index (Phi) is 8.23. The van der Waals surface area contributed by atoms with Crippen LogP contribution in [0, 0.1) is 0 Å². The summed E-state index contributed by atoms with van der Waals surface area (Å²) in [6.07, 6.45) is 2.14. The normalized spacial score (nSPS) is 12.9. The summed E-state index contributed by atoms with van der Waals surface area (Å²) in [6, 6.07) is 0. The summed E-state index contributed by atoms with van der Waals surface area (Å²) >= 11 is 0. The van der Waals surface area contributed by atoms with Gasteiger partial charge in [-0.1, -0.05) is 41.5 Å². The molecule has 0 amide bonds. The lowest BCUT2D eigenvalue weighted by Crippen LogP contribution is -2.18. The number of hydrogen-bond donors (Lipinski definition) is 2. The van der Waals surface area contributed by atoms with Crippen LogP contribution >= 0.6 is 0 Å². The van der Waals surface area contributed by atoms with E-state index in [1.54, 1.807) is 0 Å². The molecule has 0 atom stereocenters. The zero-order chi connectivity index (χ0) is 27.6. The van der Waals surface area contributed by atoms with Gasteiger partial charge in [0.25, 0.3) is 0 Å². The Balaban J connectivity index is 3.12. The Morgan fingerprint density at radius 2 is 0.889 bits per heavy atom. The van der Waals surface area contributed by atoms with E-state index in [1.807, 2.05) is 41.5 Å². The molecule has 0 aliphatic carbocycles. The maximum Gasteiger partial charge on any atom is 0.340 e. The molecule has 10 heteroatoms. The molecule has 0 aromatic carbocycles. The fraction of sp³-hybridized carbons (Fsp3) is 0.462. The maximum absolute atomic E-state index is 12.7. The molecule has 196 valence electrons. The summed E-state index contributed by atoms with van der Waals surface area (Å²) in [4.78, 5) is 56.3. The second-order valence-corrected chi connectivity index (χ2v) is 10.1. The van der Waals surface area contributed by atoms with Gasteiger partial charge in [0.1, 0.15) is 0 Å². The van der Waals surface area contributed by atoms with E-state index < -0.39 is 34.7 Å². The highest BCUT2D eigenvalue weighted by Gasteiger charge is 2.35. The number of rotatable bonds is 6. The fourth-order valence-corrected chi connectivity index (χ4v) is 4.07. The Hall–Kier alpha value is -3.82. The van der Waals surface area contributed by atoms with Gasteiger partial charge in [0.05, 0.1) is 62.0 Å². The van der Waals surface area contributed by atoms with Crippen molar-refractivity contribution in [2.75, 3.05) is 28.4 Å². The van der Waals surface area contributed by atoms with Crippen molar-refractivity contribution in [3.05, 3.63) is 34.7 Å². The van der Waals surface area contributed by atoms with Crippen molar-refractivity contribution in [1.29, 1.82) is 0 Å². The third-order valence-electron chi connectivity index (χ3n) is 5.53. The van der Waals surface area contributed by atoms with E-state index in [0.717, 1.165) is 12.2 Å². The third kappa shape index (κ3) is 5.53. The molecule has 0 aliphatic rings. The molecular weight excluding hydrogens is 468 g/mol. The van der Waals surface area contributed by atoms with E-state index >= 15 is 0 Å². The van der Waals surface area contributed by atoms with Gasteiger partial charge in [0.2, 0.25) is 0 Å². The van der Waals surface area contributed by atoms with Crippen molar-refractivity contribution >= 4 is 46.1 Å². The predicted molar refractivity (Wildman–Crippen MR) is 134 cm³/mol. The molecule has 2 rings (SSSR count). The molecule has 0 radical (unpaired) electrons. The molecule has 10 nitrogen and oxygen atoms in total. The highest BCUT2D eigenvalue weighted by molar-refractivity contribution is 6.23. The van der Waals surface area contributed by atoms with Gasteiger partial charge in [-0.25, -0.2) is 19.2 Å². The van der Waals surface area contributed by atoms with Crippen molar-refractivity contribution in [2.45, 2.75) is 52.4 Å². The Bertz CT molecular complexity index is 1160. The average molecular weight is 503 g/mol. The predicted octanol–water partition coefficient (Wildman–Crippen LogP) is 3.55. The van der Waals surface area contributed by atoms with Crippen LogP contribution in [-0.2, 0) is 49.0 Å². The van der Waals surface area contributed by atoms with Crippen LogP contribution in [0.4, 0.5) is 0 Å². The molecule has 0 fully saturated rings. The van der Waals surface area contributed by atoms with E-state index in [9.17, 15) is 19.2 Å². The van der Waals surface area contributed by atoms with Crippen LogP contribution in [0.2, 0.25) is 0 Å². The van der Waals surface area contributed by atoms with Crippen LogP contribution in [0.3, 0.4) is 0 Å². The molecule has 0 bridgehead atoms. The first kappa shape index (κ1) is 28.4. The first-order chi connectivity index (χ1) is 16.6. The largest absolute Gasteiger partial charge is 0.466 e. The van der Waals surface area contributed by atoms with Crippen LogP contribution in [0.15, 0.2) is 12.2 Å². The number of ether oxygens (including phenoxy) is 4. The van der Waals surface area contributed by atoms with Gasteiger partial charge in [0, 0.05) is 23.3 Å². The number of esters is 4. The van der Waals surface area contributed by atoms with Crippen molar-refractivity contribution in [3.63, 3.8) is 0 Å². The molecule has 0 saturated carbocycles. The van der Waals surface area contributed by atoms with E-state index in [4.69, 9.17) is 18.9 Å². The van der Waals surface area contributed by atoms with Gasteiger partial charge in [-0.15, -0.1) is 0 Å². The first-order valence-corrected chi connectivity index (χ1v) is 11.2. The molecule has 2 aromatic heterocycles. The number of fused-ring (bicyclic) bond motifs is 1. The molecule has 2 heterocycles. The lowest BCUT2D eigenvalue weighted by atomic mass is 9.83. The summed E-state index contributed by atoms with van der Waals surface area (Å²) in [5.74, 6) is -2.90. The monoisotopic (exact) mass is 502 g/mol. The Morgan fingerprint density at radius 1 is 0.583 bits per heavy atom. The highest BCUT2D eigenvalue weighted by atomic mass is 16.5. The quantitative estimate of drug-likeness (QED) is 0.348. The van der Waals surface area contributed by atoms with Crippen molar-refractivity contribution in [2.24, 2.45) is 0 Å². The van der Waals surface area contributed by atoms with Crippen LogP contribution in [0.1, 0.15) is 64.1 Å². The topological polar surface area (TPSA) is 137 Å². The minimum Gasteiger partial charge on any atom is -0.466 e. The number of carbonyl (C=O) groups is 4. The zero-order valence-corrected chi connectivity index (χ0v) is 22.4. The lowest BCUT2D eigenvalue weighted by molar-refractivity contribution is -0.136. The summed E-state index contributed by atoms with van der Waals surface area (Å²) in [6.45, 7) is 11.6. The van der Waals surface area contributed by atoms with Crippen molar-refractivity contribution in [3.8, 4) is 0 Å². The molecule has 0 unspecified atom stereocenters. The number of hydrogen-bond acceptors (Lipinski definition) is 8. The number of methoxy groups -OCH3 is 4. The van der Waals surface area contributed by atoms with Crippen molar-refractivity contribution < 1.29 is 38.1 Å². The van der Waals surface area contributed by atoms with Crippen LogP contribution < -0.4 is 0 Å². The second kappa shape index (κ2) is 10.4. The third-order valence-corrected chi connectivity index (χ3v) is 5.53. The number of aromatic nitrogens is 2. The Morgan fingerprint density at radius 3 is 1.11 bits per heavy atom. The smallest absolute Gasteiger partial charge is 0.340 e. The zero-order valence-electron chi connectivity index (χ0n) is 22.4. The molecule has 0 aliphatic heterocycles. The fourth-order valence-electron chi connectivity index (χ4n) is 4.07. The van der Waals surface area contributed by atoms with Crippen molar-refractivity contribution in [1.82, 2.24) is 9.97 Å². The van der Waals surface area contributed by atoms with E-state index in [-0.39, 0.29) is 11.1 Å². The number of nitrogens with one attached hydrogen (secondary N) is 2. The molecule has 36 heavy (non-hydrogen) atoms. The van der Waals surface area contributed by atoms with Gasteiger partial charge in [-0.2, -0.15) is 0 Å². The van der Waals surface area contributed by atoms with E-state index in [1.165, 1.54) is 28.4 Å². The van der Waals surface area contributed by atoms with Crippen LogP contribution in [-0.4, -0.2) is 62.3 Å². The number of H-pyrrole nitrogens is 2. The summed E-state index contributed by atoms with van der Waals surface area (Å²) in [7, 11) is 4.86. The summed E-state index contributed by atoms with van der Waals surface area (Å²) < 4.78 is 19.4. The first-order valence-electron chi connectivity index (χ1n) is 11.2. The molecule has 0 saturated heterocycles. The number of aromatic amines is 2. The summed E-state index contributed by atoms with van der Waals surface area (Å²) in [5, 5.41) is 0. The minimum atomic E-state index is -0.729. The van der Waals surface area contributed by atoms with Gasteiger partial charge in [0.15, 0.2) is 0 Å². The van der Waals surface area contributed by atoms with Gasteiger partial charge >= 0.3 is 23.9 Å². The van der Waals surface area contributed by atoms with Gasteiger partial charge in [-0.05, 0) is 10.8 Å². The van der Waals surface area contributed by atoms with Crippen LogP contribution in [0.25, 0.3) is 22.2 Å². The maximum atomic E-state index is 12.7. The van der Waals surface area contributed by atoms with Gasteiger partial charge in [-0.3, -0.25) is 0 Å². The van der Waals surface area contributed by atoms with Gasteiger partial charge < -0.3 is 28.9 Å². The molecule has 2 N–H and O–H groups in total. The Labute approximate surface area is 210 Å². The molecule has 0 spiro atoms. The lowest BCUT2D eigenvalue weighted by Gasteiger charge is -2.21. The second-order valence-electron chi connectivity index (χ2n) is 10.1. The highest BCUT2D eigenvalue weighted by Crippen LogP contribution is 2.43. The molecule has 2 aromatic rings. The van der Waals surface area contributed by atoms with E-state index in [2.05, 4.69) is 9.97 Å². The van der Waals surface area contributed by atoms with E-state index in [0.29, 0.717) is 33.5 Å². The summed E-state index contributed by atoms with van der Waals surface area (Å²) in [5.41, 5.74) is 2.13. The van der Waals surface area contributed by atoms with Crippen LogP contribution in [0.5, 0.6) is 0 Å².